The number of hydrogen-bond donors (Lipinski definition) is 1. The first-order valence-electron chi connectivity index (χ1n) is 8.21. The second kappa shape index (κ2) is 9.37. The SMILES string of the molecule is CCOC(=O)C(NC(=O)CCC(=O)c1ccccc1)c1ccccc1. The highest BCUT2D eigenvalue weighted by Gasteiger charge is 2.24. The van der Waals surface area contributed by atoms with E-state index < -0.39 is 12.0 Å². The van der Waals surface area contributed by atoms with Crippen LogP contribution in [0.5, 0.6) is 0 Å². The highest BCUT2D eigenvalue weighted by atomic mass is 16.5. The van der Waals surface area contributed by atoms with Gasteiger partial charge in [0, 0.05) is 18.4 Å². The Bertz CT molecular complexity index is 713. The lowest BCUT2D eigenvalue weighted by Gasteiger charge is -2.17. The quantitative estimate of drug-likeness (QED) is 0.592. The van der Waals surface area contributed by atoms with E-state index in [0.29, 0.717) is 11.1 Å². The van der Waals surface area contributed by atoms with Crippen molar-refractivity contribution >= 4 is 17.7 Å². The van der Waals surface area contributed by atoms with Gasteiger partial charge in [-0.3, -0.25) is 9.59 Å². The average Bonchev–Trinajstić information content (AvgIpc) is 2.65. The molecule has 0 spiro atoms. The van der Waals surface area contributed by atoms with Crippen LogP contribution in [0, 0.1) is 0 Å². The van der Waals surface area contributed by atoms with Crippen molar-refractivity contribution in [1.29, 1.82) is 0 Å². The smallest absolute Gasteiger partial charge is 0.333 e. The highest BCUT2D eigenvalue weighted by Crippen LogP contribution is 2.15. The van der Waals surface area contributed by atoms with Crippen LogP contribution >= 0.6 is 0 Å². The maximum atomic E-state index is 12.2. The summed E-state index contributed by atoms with van der Waals surface area (Å²) in [7, 11) is 0. The van der Waals surface area contributed by atoms with Gasteiger partial charge in [0.25, 0.3) is 0 Å². The molecule has 1 unspecified atom stereocenters. The Hall–Kier alpha value is -2.95. The van der Waals surface area contributed by atoms with Crippen LogP contribution in [0.1, 0.15) is 41.7 Å². The molecule has 1 atom stereocenters. The summed E-state index contributed by atoms with van der Waals surface area (Å²) in [5.41, 5.74) is 1.21. The van der Waals surface area contributed by atoms with Crippen LogP contribution in [0.3, 0.4) is 0 Å². The topological polar surface area (TPSA) is 72.5 Å². The summed E-state index contributed by atoms with van der Waals surface area (Å²) >= 11 is 0. The molecule has 0 aliphatic rings. The molecule has 130 valence electrons. The fourth-order valence-electron chi connectivity index (χ4n) is 2.38. The Labute approximate surface area is 147 Å². The average molecular weight is 339 g/mol. The Morgan fingerprint density at radius 2 is 1.52 bits per heavy atom. The summed E-state index contributed by atoms with van der Waals surface area (Å²) in [6.45, 7) is 1.94. The molecule has 1 amide bonds. The van der Waals surface area contributed by atoms with E-state index in [1.165, 1.54) is 0 Å². The zero-order chi connectivity index (χ0) is 18.1. The molecule has 0 aliphatic carbocycles. The number of rotatable bonds is 8. The molecule has 5 heteroatoms. The molecule has 0 aromatic heterocycles. The molecule has 0 radical (unpaired) electrons. The largest absolute Gasteiger partial charge is 0.464 e. The predicted octanol–water partition coefficient (Wildman–Crippen LogP) is 3.07. The molecular weight excluding hydrogens is 318 g/mol. The number of amides is 1. The van der Waals surface area contributed by atoms with Crippen molar-refractivity contribution in [1.82, 2.24) is 5.32 Å². The fourth-order valence-corrected chi connectivity index (χ4v) is 2.38. The first-order chi connectivity index (χ1) is 12.1. The minimum Gasteiger partial charge on any atom is -0.464 e. The normalized spacial score (nSPS) is 11.4. The first-order valence-corrected chi connectivity index (χ1v) is 8.21. The van der Waals surface area contributed by atoms with E-state index in [4.69, 9.17) is 4.74 Å². The van der Waals surface area contributed by atoms with E-state index in [0.717, 1.165) is 0 Å². The molecule has 1 N–H and O–H groups in total. The molecular formula is C20H21NO4. The van der Waals surface area contributed by atoms with Crippen molar-refractivity contribution in [3.8, 4) is 0 Å². The third-order valence-electron chi connectivity index (χ3n) is 3.64. The van der Waals surface area contributed by atoms with Crippen molar-refractivity contribution < 1.29 is 19.1 Å². The Balaban J connectivity index is 1.97. The van der Waals surface area contributed by atoms with Gasteiger partial charge in [-0.1, -0.05) is 60.7 Å². The summed E-state index contributed by atoms with van der Waals surface area (Å²) in [5.74, 6) is -0.995. The lowest BCUT2D eigenvalue weighted by atomic mass is 10.0. The van der Waals surface area contributed by atoms with E-state index >= 15 is 0 Å². The number of nitrogens with one attached hydrogen (secondary N) is 1. The van der Waals surface area contributed by atoms with Crippen molar-refractivity contribution in [2.24, 2.45) is 0 Å². The molecule has 0 saturated carbocycles. The van der Waals surface area contributed by atoms with Gasteiger partial charge in [-0.2, -0.15) is 0 Å². The van der Waals surface area contributed by atoms with Crippen LogP contribution < -0.4 is 5.32 Å². The van der Waals surface area contributed by atoms with E-state index in [9.17, 15) is 14.4 Å². The Kier molecular flexibility index (Phi) is 6.89. The van der Waals surface area contributed by atoms with Gasteiger partial charge in [0.05, 0.1) is 6.61 Å². The van der Waals surface area contributed by atoms with Gasteiger partial charge in [0.1, 0.15) is 0 Å². The van der Waals surface area contributed by atoms with Gasteiger partial charge in [0.15, 0.2) is 11.8 Å². The molecule has 0 fully saturated rings. The number of Topliss-reactive ketones (excluding diaryl/α,β-unsaturated/α-hetero) is 1. The van der Waals surface area contributed by atoms with E-state index in [-0.39, 0.29) is 31.1 Å². The minimum absolute atomic E-state index is 0.0104. The molecule has 2 aromatic rings. The number of esters is 1. The summed E-state index contributed by atoms with van der Waals surface area (Å²) in [6.07, 6.45) is 0.0939. The third-order valence-corrected chi connectivity index (χ3v) is 3.64. The first kappa shape index (κ1) is 18.4. The highest BCUT2D eigenvalue weighted by molar-refractivity contribution is 5.98. The van der Waals surface area contributed by atoms with Crippen LogP contribution in [0.15, 0.2) is 60.7 Å². The zero-order valence-corrected chi connectivity index (χ0v) is 14.1. The molecule has 2 rings (SSSR count). The van der Waals surface area contributed by atoms with Gasteiger partial charge in [-0.15, -0.1) is 0 Å². The van der Waals surface area contributed by atoms with Gasteiger partial charge < -0.3 is 10.1 Å². The lowest BCUT2D eigenvalue weighted by Crippen LogP contribution is -2.35. The summed E-state index contributed by atoms with van der Waals surface area (Å²) in [4.78, 5) is 36.4. The molecule has 0 saturated heterocycles. The molecule has 25 heavy (non-hydrogen) atoms. The Morgan fingerprint density at radius 1 is 0.920 bits per heavy atom. The molecule has 0 heterocycles. The van der Waals surface area contributed by atoms with E-state index in [2.05, 4.69) is 5.32 Å². The fraction of sp³-hybridized carbons (Fsp3) is 0.250. The van der Waals surface area contributed by atoms with Crippen molar-refractivity contribution in [3.63, 3.8) is 0 Å². The summed E-state index contributed by atoms with van der Waals surface area (Å²) in [5, 5.41) is 2.66. The second-order valence-corrected chi connectivity index (χ2v) is 5.45. The van der Waals surface area contributed by atoms with Crippen LogP contribution in [-0.2, 0) is 14.3 Å². The standard InChI is InChI=1S/C20H21NO4/c1-2-25-20(24)19(16-11-7-4-8-12-16)21-18(23)14-13-17(22)15-9-5-3-6-10-15/h3-12,19H,2,13-14H2,1H3,(H,21,23). The molecule has 5 nitrogen and oxygen atoms in total. The predicted molar refractivity (Wildman–Crippen MR) is 94.0 cm³/mol. The van der Waals surface area contributed by atoms with E-state index in [1.807, 2.05) is 12.1 Å². The number of hydrogen-bond acceptors (Lipinski definition) is 4. The van der Waals surface area contributed by atoms with Gasteiger partial charge in [-0.05, 0) is 12.5 Å². The second-order valence-electron chi connectivity index (χ2n) is 5.45. The van der Waals surface area contributed by atoms with Crippen molar-refractivity contribution in [3.05, 3.63) is 71.8 Å². The zero-order valence-electron chi connectivity index (χ0n) is 14.1. The molecule has 0 bridgehead atoms. The van der Waals surface area contributed by atoms with Gasteiger partial charge in [-0.25, -0.2) is 4.79 Å². The van der Waals surface area contributed by atoms with Crippen LogP contribution in [0.4, 0.5) is 0 Å². The van der Waals surface area contributed by atoms with Gasteiger partial charge >= 0.3 is 5.97 Å². The van der Waals surface area contributed by atoms with Crippen molar-refractivity contribution in [2.45, 2.75) is 25.8 Å². The summed E-state index contributed by atoms with van der Waals surface area (Å²) in [6, 6.07) is 16.8. The van der Waals surface area contributed by atoms with Crippen LogP contribution in [0.2, 0.25) is 0 Å². The summed E-state index contributed by atoms with van der Waals surface area (Å²) < 4.78 is 5.03. The van der Waals surface area contributed by atoms with Crippen LogP contribution in [-0.4, -0.2) is 24.3 Å². The van der Waals surface area contributed by atoms with Crippen molar-refractivity contribution in [2.75, 3.05) is 6.61 Å². The Morgan fingerprint density at radius 3 is 2.12 bits per heavy atom. The number of ether oxygens (including phenoxy) is 1. The number of carbonyl (C=O) groups is 3. The monoisotopic (exact) mass is 339 g/mol. The molecule has 0 aliphatic heterocycles. The van der Waals surface area contributed by atoms with Gasteiger partial charge in [0.2, 0.25) is 5.91 Å². The number of benzene rings is 2. The third kappa shape index (κ3) is 5.57. The number of ketones is 1. The molecule has 2 aromatic carbocycles. The van der Waals surface area contributed by atoms with Crippen LogP contribution in [0.25, 0.3) is 0 Å². The minimum atomic E-state index is -0.875. The lowest BCUT2D eigenvalue weighted by molar-refractivity contribution is -0.147. The van der Waals surface area contributed by atoms with E-state index in [1.54, 1.807) is 55.5 Å². The maximum Gasteiger partial charge on any atom is 0.333 e. The number of carbonyl (C=O) groups excluding carboxylic acids is 3. The maximum absolute atomic E-state index is 12.2.